The summed E-state index contributed by atoms with van der Waals surface area (Å²) in [5.41, 5.74) is 5.68. The summed E-state index contributed by atoms with van der Waals surface area (Å²) in [6.07, 6.45) is 4.00. The molecule has 17 heavy (non-hydrogen) atoms. The van der Waals surface area contributed by atoms with E-state index in [0.717, 1.165) is 25.7 Å². The Bertz CT molecular complexity index is 215. The van der Waals surface area contributed by atoms with Crippen LogP contribution in [0.1, 0.15) is 52.9 Å². The fraction of sp³-hybridized carbons (Fsp3) is 0.923. The van der Waals surface area contributed by atoms with Crippen molar-refractivity contribution >= 4 is 5.91 Å². The number of carbonyl (C=O) groups excluding carboxylic acids is 1. The van der Waals surface area contributed by atoms with E-state index in [0.29, 0.717) is 13.0 Å². The zero-order valence-corrected chi connectivity index (χ0v) is 11.5. The maximum atomic E-state index is 11.5. The number of rotatable bonds is 9. The zero-order valence-electron chi connectivity index (χ0n) is 11.5. The molecule has 0 aromatic carbocycles. The van der Waals surface area contributed by atoms with Crippen molar-refractivity contribution in [2.75, 3.05) is 13.2 Å². The summed E-state index contributed by atoms with van der Waals surface area (Å²) in [6, 6.07) is 0.170. The van der Waals surface area contributed by atoms with Gasteiger partial charge in [-0.15, -0.1) is 0 Å². The molecule has 1 unspecified atom stereocenters. The van der Waals surface area contributed by atoms with Crippen LogP contribution in [0.15, 0.2) is 0 Å². The molecule has 0 aliphatic heterocycles. The van der Waals surface area contributed by atoms with Gasteiger partial charge < -0.3 is 16.2 Å². The molecular weight excluding hydrogens is 216 g/mol. The predicted octanol–water partition coefficient (Wildman–Crippen LogP) is 1.42. The molecule has 0 aliphatic carbocycles. The number of amides is 1. The highest BCUT2D eigenvalue weighted by Crippen LogP contribution is 2.20. The average molecular weight is 244 g/mol. The van der Waals surface area contributed by atoms with Gasteiger partial charge in [0.1, 0.15) is 0 Å². The van der Waals surface area contributed by atoms with E-state index in [9.17, 15) is 4.79 Å². The van der Waals surface area contributed by atoms with Crippen LogP contribution in [-0.4, -0.2) is 30.2 Å². The smallest absolute Gasteiger partial charge is 0.220 e. The average Bonchev–Trinajstić information content (AvgIpc) is 2.23. The highest BCUT2D eigenvalue weighted by atomic mass is 16.2. The molecule has 0 spiro atoms. The lowest BCUT2D eigenvalue weighted by atomic mass is 9.88. The Balaban J connectivity index is 3.67. The topological polar surface area (TPSA) is 75.4 Å². The first-order valence-corrected chi connectivity index (χ1v) is 6.50. The molecule has 102 valence electrons. The van der Waals surface area contributed by atoms with Gasteiger partial charge in [-0.3, -0.25) is 4.79 Å². The molecule has 0 bridgehead atoms. The van der Waals surface area contributed by atoms with E-state index in [4.69, 9.17) is 10.8 Å². The second kappa shape index (κ2) is 8.48. The molecule has 0 heterocycles. The molecule has 1 atom stereocenters. The van der Waals surface area contributed by atoms with E-state index in [1.165, 1.54) is 0 Å². The summed E-state index contributed by atoms with van der Waals surface area (Å²) in [5.74, 6) is 0.0997. The van der Waals surface area contributed by atoms with Crippen LogP contribution in [0.4, 0.5) is 0 Å². The van der Waals surface area contributed by atoms with Crippen molar-refractivity contribution in [1.82, 2.24) is 5.32 Å². The minimum Gasteiger partial charge on any atom is -0.396 e. The number of hydrogen-bond acceptors (Lipinski definition) is 3. The normalized spacial score (nSPS) is 13.5. The van der Waals surface area contributed by atoms with Gasteiger partial charge in [0.05, 0.1) is 0 Å². The molecule has 4 heteroatoms. The molecule has 4 N–H and O–H groups in total. The molecule has 0 aromatic rings. The molecule has 0 aromatic heterocycles. The predicted molar refractivity (Wildman–Crippen MR) is 70.6 cm³/mol. The van der Waals surface area contributed by atoms with Crippen LogP contribution < -0.4 is 11.1 Å². The maximum absolute atomic E-state index is 11.5. The lowest BCUT2D eigenvalue weighted by Gasteiger charge is -2.24. The van der Waals surface area contributed by atoms with E-state index in [1.807, 2.05) is 6.92 Å². The van der Waals surface area contributed by atoms with Gasteiger partial charge in [-0.2, -0.15) is 0 Å². The first-order valence-electron chi connectivity index (χ1n) is 6.50. The van der Waals surface area contributed by atoms with Crippen LogP contribution in [0.2, 0.25) is 0 Å². The van der Waals surface area contributed by atoms with E-state index in [-0.39, 0.29) is 24.0 Å². The van der Waals surface area contributed by atoms with Crippen LogP contribution in [0, 0.1) is 5.41 Å². The quantitative estimate of drug-likeness (QED) is 0.574. The van der Waals surface area contributed by atoms with Crippen LogP contribution in [0.3, 0.4) is 0 Å². The van der Waals surface area contributed by atoms with E-state index in [1.54, 1.807) is 0 Å². The first-order chi connectivity index (χ1) is 7.87. The number of nitrogens with one attached hydrogen (secondary N) is 1. The van der Waals surface area contributed by atoms with Crippen molar-refractivity contribution in [2.45, 2.75) is 58.9 Å². The van der Waals surface area contributed by atoms with Gasteiger partial charge in [0.25, 0.3) is 0 Å². The zero-order chi connectivity index (χ0) is 13.3. The monoisotopic (exact) mass is 244 g/mol. The minimum atomic E-state index is 0.0551. The van der Waals surface area contributed by atoms with Crippen molar-refractivity contribution in [3.8, 4) is 0 Å². The van der Waals surface area contributed by atoms with Crippen LogP contribution in [0.25, 0.3) is 0 Å². The summed E-state index contributed by atoms with van der Waals surface area (Å²) in [4.78, 5) is 11.5. The third kappa shape index (κ3) is 10.3. The van der Waals surface area contributed by atoms with Crippen molar-refractivity contribution in [3.05, 3.63) is 0 Å². The van der Waals surface area contributed by atoms with E-state index < -0.39 is 0 Å². The second-order valence-corrected chi connectivity index (χ2v) is 5.64. The van der Waals surface area contributed by atoms with Gasteiger partial charge in [-0.1, -0.05) is 13.8 Å². The first kappa shape index (κ1) is 16.4. The van der Waals surface area contributed by atoms with Crippen molar-refractivity contribution in [3.63, 3.8) is 0 Å². The number of carbonyl (C=O) groups is 1. The third-order valence-corrected chi connectivity index (χ3v) is 2.84. The van der Waals surface area contributed by atoms with E-state index in [2.05, 4.69) is 19.2 Å². The largest absolute Gasteiger partial charge is 0.396 e. The Morgan fingerprint density at radius 3 is 2.59 bits per heavy atom. The fourth-order valence-corrected chi connectivity index (χ4v) is 1.66. The molecular formula is C13H28N2O2. The van der Waals surface area contributed by atoms with Gasteiger partial charge in [0.15, 0.2) is 0 Å². The highest BCUT2D eigenvalue weighted by molar-refractivity contribution is 5.75. The molecule has 0 aliphatic rings. The number of nitrogens with two attached hydrogens (primary N) is 1. The standard InChI is InChI=1S/C13H28N2O2/c1-11(14)6-4-7-12(17)15-10-13(2,3)8-5-9-16/h11,16H,4-10,14H2,1-3H3,(H,15,17). The Morgan fingerprint density at radius 1 is 1.41 bits per heavy atom. The fourth-order valence-electron chi connectivity index (χ4n) is 1.66. The lowest BCUT2D eigenvalue weighted by Crippen LogP contribution is -2.34. The number of aliphatic hydroxyl groups is 1. The SMILES string of the molecule is CC(N)CCCC(=O)NCC(C)(C)CCCO. The number of aliphatic hydroxyl groups excluding tert-OH is 1. The number of hydrogen-bond donors (Lipinski definition) is 3. The van der Waals surface area contributed by atoms with Crippen LogP contribution in [-0.2, 0) is 4.79 Å². The van der Waals surface area contributed by atoms with Gasteiger partial charge in [-0.25, -0.2) is 0 Å². The maximum Gasteiger partial charge on any atom is 0.220 e. The van der Waals surface area contributed by atoms with Crippen molar-refractivity contribution in [1.29, 1.82) is 0 Å². The highest BCUT2D eigenvalue weighted by Gasteiger charge is 2.18. The summed E-state index contributed by atoms with van der Waals surface area (Å²) in [5, 5.41) is 11.7. The van der Waals surface area contributed by atoms with Gasteiger partial charge in [-0.05, 0) is 38.0 Å². The Kier molecular flexibility index (Phi) is 8.17. The van der Waals surface area contributed by atoms with Gasteiger partial charge in [0.2, 0.25) is 5.91 Å². The summed E-state index contributed by atoms with van der Waals surface area (Å²) in [7, 11) is 0. The van der Waals surface area contributed by atoms with Crippen LogP contribution >= 0.6 is 0 Å². The second-order valence-electron chi connectivity index (χ2n) is 5.64. The summed E-state index contributed by atoms with van der Waals surface area (Å²) >= 11 is 0. The van der Waals surface area contributed by atoms with Crippen molar-refractivity contribution in [2.24, 2.45) is 11.1 Å². The Hall–Kier alpha value is -0.610. The van der Waals surface area contributed by atoms with Crippen LogP contribution in [0.5, 0.6) is 0 Å². The van der Waals surface area contributed by atoms with E-state index >= 15 is 0 Å². The molecule has 1 amide bonds. The molecule has 0 saturated carbocycles. The van der Waals surface area contributed by atoms with Gasteiger partial charge in [0, 0.05) is 25.6 Å². The summed E-state index contributed by atoms with van der Waals surface area (Å²) < 4.78 is 0. The molecule has 0 saturated heterocycles. The Labute approximate surface area is 105 Å². The molecule has 0 rings (SSSR count). The molecule has 4 nitrogen and oxygen atoms in total. The molecule has 0 radical (unpaired) electrons. The summed E-state index contributed by atoms with van der Waals surface area (Å²) in [6.45, 7) is 7.04. The van der Waals surface area contributed by atoms with Crippen molar-refractivity contribution < 1.29 is 9.90 Å². The Morgan fingerprint density at radius 2 is 2.06 bits per heavy atom. The third-order valence-electron chi connectivity index (χ3n) is 2.84. The molecule has 0 fully saturated rings. The minimum absolute atomic E-state index is 0.0551. The van der Waals surface area contributed by atoms with Gasteiger partial charge >= 0.3 is 0 Å². The lowest BCUT2D eigenvalue weighted by molar-refractivity contribution is -0.121.